The molecule has 1 amide bonds. The highest BCUT2D eigenvalue weighted by Crippen LogP contribution is 2.39. The first-order chi connectivity index (χ1) is 9.76. The highest BCUT2D eigenvalue weighted by Gasteiger charge is 2.43. The fourth-order valence-corrected chi connectivity index (χ4v) is 2.38. The van der Waals surface area contributed by atoms with Gasteiger partial charge in [-0.15, -0.1) is 0 Å². The van der Waals surface area contributed by atoms with Crippen molar-refractivity contribution in [1.82, 2.24) is 4.90 Å². The van der Waals surface area contributed by atoms with E-state index < -0.39 is 29.6 Å². The molecule has 0 bridgehead atoms. The minimum absolute atomic E-state index is 0.125. The zero-order chi connectivity index (χ0) is 16.0. The summed E-state index contributed by atoms with van der Waals surface area (Å²) in [5.74, 6) is -5.52. The number of aliphatic imine (C=N–C) groups is 1. The van der Waals surface area contributed by atoms with Crippen LogP contribution in [0.3, 0.4) is 0 Å². The van der Waals surface area contributed by atoms with Crippen LogP contribution in [0.5, 0.6) is 0 Å². The molecule has 1 fully saturated rings. The molecule has 0 aromatic rings. The topological polar surface area (TPSA) is 59.0 Å². The first-order valence-electron chi connectivity index (χ1n) is 7.05. The van der Waals surface area contributed by atoms with Gasteiger partial charge in [-0.3, -0.25) is 9.59 Å². The second-order valence-corrected chi connectivity index (χ2v) is 5.47. The van der Waals surface area contributed by atoms with Gasteiger partial charge in [0, 0.05) is 26.9 Å². The Balaban J connectivity index is 2.83. The summed E-state index contributed by atoms with van der Waals surface area (Å²) in [6.07, 6.45) is 0.932. The molecule has 0 aromatic carbocycles. The van der Waals surface area contributed by atoms with Crippen LogP contribution in [0.2, 0.25) is 0 Å². The van der Waals surface area contributed by atoms with Crippen LogP contribution in [0.1, 0.15) is 32.6 Å². The summed E-state index contributed by atoms with van der Waals surface area (Å²) >= 11 is 0. The van der Waals surface area contributed by atoms with E-state index in [0.29, 0.717) is 0 Å². The van der Waals surface area contributed by atoms with Crippen LogP contribution in [0, 0.1) is 11.8 Å². The summed E-state index contributed by atoms with van der Waals surface area (Å²) in [4.78, 5) is 29.4. The largest absolute Gasteiger partial charge is 0.465 e. The Bertz CT molecular complexity index is 401. The van der Waals surface area contributed by atoms with Gasteiger partial charge < -0.3 is 9.64 Å². The van der Waals surface area contributed by atoms with E-state index in [1.807, 2.05) is 0 Å². The zero-order valence-electron chi connectivity index (χ0n) is 12.6. The Labute approximate surface area is 123 Å². The second-order valence-electron chi connectivity index (χ2n) is 5.47. The normalized spacial score (nSPS) is 20.2. The Kier molecular flexibility index (Phi) is 6.23. The van der Waals surface area contributed by atoms with Gasteiger partial charge in [-0.2, -0.15) is 0 Å². The number of hydrogen-bond donors (Lipinski definition) is 0. The van der Waals surface area contributed by atoms with Gasteiger partial charge in [0.15, 0.2) is 0 Å². The van der Waals surface area contributed by atoms with Gasteiger partial charge in [0.2, 0.25) is 5.92 Å². The minimum Gasteiger partial charge on any atom is -0.465 e. The Morgan fingerprint density at radius 2 is 1.95 bits per heavy atom. The van der Waals surface area contributed by atoms with Crippen LogP contribution < -0.4 is 0 Å². The number of alkyl halides is 2. The van der Waals surface area contributed by atoms with E-state index in [2.05, 4.69) is 4.99 Å². The number of nitrogens with zero attached hydrogens (tertiary/aromatic N) is 2. The third kappa shape index (κ3) is 5.40. The van der Waals surface area contributed by atoms with Crippen LogP contribution in [0.4, 0.5) is 8.78 Å². The smallest absolute Gasteiger partial charge is 0.318 e. The molecule has 1 saturated carbocycles. The average molecular weight is 304 g/mol. The van der Waals surface area contributed by atoms with Gasteiger partial charge in [0.05, 0.1) is 12.9 Å². The molecule has 5 nitrogen and oxygen atoms in total. The second kappa shape index (κ2) is 7.47. The van der Waals surface area contributed by atoms with Crippen LogP contribution in [-0.2, 0) is 14.3 Å². The average Bonchev–Trinajstić information content (AvgIpc) is 2.39. The van der Waals surface area contributed by atoms with Crippen molar-refractivity contribution in [1.29, 1.82) is 0 Å². The lowest BCUT2D eigenvalue weighted by Gasteiger charge is -2.31. The van der Waals surface area contributed by atoms with E-state index in [4.69, 9.17) is 4.74 Å². The number of amides is 1. The maximum Gasteiger partial charge on any atom is 0.318 e. The molecule has 1 unspecified atom stereocenters. The molecule has 7 heteroatoms. The van der Waals surface area contributed by atoms with Crippen molar-refractivity contribution >= 4 is 18.2 Å². The number of halogens is 2. The number of carbonyl (C=O) groups excluding carboxylic acids is 2. The molecule has 0 aliphatic heterocycles. The Morgan fingerprint density at radius 3 is 2.43 bits per heavy atom. The van der Waals surface area contributed by atoms with Crippen molar-refractivity contribution in [2.75, 3.05) is 20.7 Å². The molecule has 1 aliphatic carbocycles. The van der Waals surface area contributed by atoms with Crippen LogP contribution in [0.15, 0.2) is 4.99 Å². The summed E-state index contributed by atoms with van der Waals surface area (Å²) in [5.41, 5.74) is 0. The fraction of sp³-hybridized carbons (Fsp3) is 0.786. The standard InChI is InChI=1S/C14H22F2N2O3/c1-4-21-13(20)11(12(19)17-9-18(2)3)10-5-7-14(15,16)8-6-10/h9-11H,4-8H2,1-3H3. The Morgan fingerprint density at radius 1 is 1.38 bits per heavy atom. The quantitative estimate of drug-likeness (QED) is 0.338. The molecule has 1 rings (SSSR count). The van der Waals surface area contributed by atoms with Gasteiger partial charge in [0.1, 0.15) is 5.92 Å². The minimum atomic E-state index is -2.70. The molecule has 21 heavy (non-hydrogen) atoms. The maximum atomic E-state index is 13.2. The summed E-state index contributed by atoms with van der Waals surface area (Å²) in [7, 11) is 3.38. The van der Waals surface area contributed by atoms with Crippen molar-refractivity contribution in [3.05, 3.63) is 0 Å². The van der Waals surface area contributed by atoms with Gasteiger partial charge in [-0.25, -0.2) is 13.8 Å². The van der Waals surface area contributed by atoms with Crippen molar-refractivity contribution in [3.8, 4) is 0 Å². The number of ether oxygens (including phenoxy) is 1. The lowest BCUT2D eigenvalue weighted by Crippen LogP contribution is -2.37. The molecule has 0 saturated heterocycles. The molecule has 0 heterocycles. The fourth-order valence-electron chi connectivity index (χ4n) is 2.38. The van der Waals surface area contributed by atoms with E-state index in [1.54, 1.807) is 25.9 Å². The molecule has 1 aliphatic rings. The lowest BCUT2D eigenvalue weighted by molar-refractivity contribution is -0.156. The predicted molar refractivity (Wildman–Crippen MR) is 74.2 cm³/mol. The summed E-state index contributed by atoms with van der Waals surface area (Å²) < 4.78 is 31.3. The number of rotatable bonds is 5. The molecule has 120 valence electrons. The van der Waals surface area contributed by atoms with Gasteiger partial charge in [-0.1, -0.05) is 0 Å². The molecule has 0 spiro atoms. The Hall–Kier alpha value is -1.53. The van der Waals surface area contributed by atoms with Gasteiger partial charge >= 0.3 is 5.97 Å². The highest BCUT2D eigenvalue weighted by atomic mass is 19.3. The predicted octanol–water partition coefficient (Wildman–Crippen LogP) is 2.11. The monoisotopic (exact) mass is 304 g/mol. The van der Waals surface area contributed by atoms with Gasteiger partial charge in [0.25, 0.3) is 5.91 Å². The summed E-state index contributed by atoms with van der Waals surface area (Å²) in [6, 6.07) is 0. The first kappa shape index (κ1) is 17.5. The molecule has 0 N–H and O–H groups in total. The van der Waals surface area contributed by atoms with E-state index in [-0.39, 0.29) is 32.3 Å². The molecular weight excluding hydrogens is 282 g/mol. The van der Waals surface area contributed by atoms with Gasteiger partial charge in [-0.05, 0) is 25.7 Å². The summed E-state index contributed by atoms with van der Waals surface area (Å²) in [6.45, 7) is 1.78. The molecule has 0 radical (unpaired) electrons. The highest BCUT2D eigenvalue weighted by molar-refractivity contribution is 6.00. The SMILES string of the molecule is CCOC(=O)C(C(=O)N=CN(C)C)C1CCC(F)(F)CC1. The van der Waals surface area contributed by atoms with Crippen molar-refractivity contribution in [3.63, 3.8) is 0 Å². The molecule has 0 aromatic heterocycles. The van der Waals surface area contributed by atoms with Crippen LogP contribution in [-0.4, -0.2) is 49.7 Å². The summed E-state index contributed by atoms with van der Waals surface area (Å²) in [5, 5.41) is 0. The van der Waals surface area contributed by atoms with Crippen LogP contribution in [0.25, 0.3) is 0 Å². The van der Waals surface area contributed by atoms with Crippen molar-refractivity contribution in [2.45, 2.75) is 38.5 Å². The number of hydrogen-bond acceptors (Lipinski definition) is 3. The third-order valence-corrected chi connectivity index (χ3v) is 3.46. The lowest BCUT2D eigenvalue weighted by atomic mass is 9.78. The van der Waals surface area contributed by atoms with E-state index >= 15 is 0 Å². The molecule has 1 atom stereocenters. The van der Waals surface area contributed by atoms with E-state index in [0.717, 1.165) is 0 Å². The number of esters is 1. The zero-order valence-corrected chi connectivity index (χ0v) is 12.6. The third-order valence-electron chi connectivity index (χ3n) is 3.46. The van der Waals surface area contributed by atoms with Crippen LogP contribution >= 0.6 is 0 Å². The maximum absolute atomic E-state index is 13.2. The van der Waals surface area contributed by atoms with E-state index in [1.165, 1.54) is 6.34 Å². The van der Waals surface area contributed by atoms with Crippen molar-refractivity contribution in [2.24, 2.45) is 16.8 Å². The van der Waals surface area contributed by atoms with E-state index in [9.17, 15) is 18.4 Å². The first-order valence-corrected chi connectivity index (χ1v) is 7.05. The molecular formula is C14H22F2N2O3. The van der Waals surface area contributed by atoms with Crippen molar-refractivity contribution < 1.29 is 23.1 Å². The number of carbonyl (C=O) groups is 2.